The van der Waals surface area contributed by atoms with Gasteiger partial charge in [-0.2, -0.15) is 0 Å². The molecular weight excluding hydrogens is 234 g/mol. The number of thiazole rings is 1. The van der Waals surface area contributed by atoms with Crippen LogP contribution >= 0.6 is 23.7 Å². The summed E-state index contributed by atoms with van der Waals surface area (Å²) in [7, 11) is 0. The summed E-state index contributed by atoms with van der Waals surface area (Å²) in [5.41, 5.74) is 2.62. The average Bonchev–Trinajstić information content (AvgIpc) is 2.90. The SMILES string of the molecule is Cc1ncsc1NC(=O)CNC1CC1.Cl. The van der Waals surface area contributed by atoms with Crippen LogP contribution in [0.2, 0.25) is 0 Å². The largest absolute Gasteiger partial charge is 0.315 e. The van der Waals surface area contributed by atoms with Gasteiger partial charge in [-0.25, -0.2) is 4.98 Å². The molecule has 1 aliphatic rings. The van der Waals surface area contributed by atoms with Crippen LogP contribution in [0.15, 0.2) is 5.51 Å². The van der Waals surface area contributed by atoms with Gasteiger partial charge in [-0.1, -0.05) is 0 Å². The Labute approximate surface area is 98.9 Å². The lowest BCUT2D eigenvalue weighted by Crippen LogP contribution is -2.29. The van der Waals surface area contributed by atoms with E-state index in [1.165, 1.54) is 24.2 Å². The van der Waals surface area contributed by atoms with Crippen molar-refractivity contribution in [2.24, 2.45) is 0 Å². The number of aromatic nitrogens is 1. The topological polar surface area (TPSA) is 54.0 Å². The summed E-state index contributed by atoms with van der Waals surface area (Å²) < 4.78 is 0. The zero-order chi connectivity index (χ0) is 9.97. The van der Waals surface area contributed by atoms with Crippen LogP contribution in [-0.2, 0) is 4.79 Å². The normalized spacial score (nSPS) is 14.5. The summed E-state index contributed by atoms with van der Waals surface area (Å²) in [5, 5.41) is 6.84. The highest BCUT2D eigenvalue weighted by Crippen LogP contribution is 2.19. The molecule has 1 fully saturated rings. The molecular formula is C9H14ClN3OS. The van der Waals surface area contributed by atoms with Crippen LogP contribution in [0.3, 0.4) is 0 Å². The summed E-state index contributed by atoms with van der Waals surface area (Å²) in [5.74, 6) is 0.0178. The van der Waals surface area contributed by atoms with Crippen LogP contribution in [0.1, 0.15) is 18.5 Å². The van der Waals surface area contributed by atoms with Gasteiger partial charge in [-0.3, -0.25) is 4.79 Å². The summed E-state index contributed by atoms with van der Waals surface area (Å²) in [6, 6.07) is 0.573. The Hall–Kier alpha value is -0.650. The quantitative estimate of drug-likeness (QED) is 0.849. The molecule has 1 aromatic heterocycles. The van der Waals surface area contributed by atoms with E-state index in [1.54, 1.807) is 5.51 Å². The van der Waals surface area contributed by atoms with Crippen LogP contribution in [0.4, 0.5) is 5.00 Å². The standard InChI is InChI=1S/C9H13N3OS.ClH/c1-6-9(14-5-11-6)12-8(13)4-10-7-2-3-7;/h5,7,10H,2-4H2,1H3,(H,12,13);1H. The Kier molecular flexibility index (Phi) is 4.50. The molecule has 0 aromatic carbocycles. The number of hydrogen-bond donors (Lipinski definition) is 2. The van der Waals surface area contributed by atoms with Gasteiger partial charge in [0.1, 0.15) is 5.00 Å². The number of aryl methyl sites for hydroxylation is 1. The van der Waals surface area contributed by atoms with Crippen molar-refractivity contribution in [3.05, 3.63) is 11.2 Å². The van der Waals surface area contributed by atoms with Crippen molar-refractivity contribution in [3.8, 4) is 0 Å². The van der Waals surface area contributed by atoms with Gasteiger partial charge < -0.3 is 10.6 Å². The minimum absolute atomic E-state index is 0. The van der Waals surface area contributed by atoms with Gasteiger partial charge >= 0.3 is 0 Å². The first-order chi connectivity index (χ1) is 6.75. The fourth-order valence-corrected chi connectivity index (χ4v) is 1.83. The van der Waals surface area contributed by atoms with Crippen LogP contribution in [0.5, 0.6) is 0 Å². The fraction of sp³-hybridized carbons (Fsp3) is 0.556. The highest BCUT2D eigenvalue weighted by molar-refractivity contribution is 7.14. The molecule has 0 spiro atoms. The maximum atomic E-state index is 11.4. The van der Waals surface area contributed by atoms with Gasteiger partial charge in [0.25, 0.3) is 0 Å². The van der Waals surface area contributed by atoms with Gasteiger partial charge in [0, 0.05) is 6.04 Å². The van der Waals surface area contributed by atoms with Gasteiger partial charge in [0.05, 0.1) is 17.7 Å². The molecule has 0 aliphatic heterocycles. The van der Waals surface area contributed by atoms with Crippen LogP contribution in [-0.4, -0.2) is 23.5 Å². The first-order valence-corrected chi connectivity index (χ1v) is 5.57. The lowest BCUT2D eigenvalue weighted by molar-refractivity contribution is -0.115. The monoisotopic (exact) mass is 247 g/mol. The molecule has 1 saturated carbocycles. The number of carbonyl (C=O) groups is 1. The first-order valence-electron chi connectivity index (χ1n) is 4.69. The number of hydrogen-bond acceptors (Lipinski definition) is 4. The van der Waals surface area contributed by atoms with Crippen molar-refractivity contribution >= 4 is 34.7 Å². The third kappa shape index (κ3) is 3.77. The minimum Gasteiger partial charge on any atom is -0.315 e. The van der Waals surface area contributed by atoms with E-state index >= 15 is 0 Å². The molecule has 0 bridgehead atoms. The van der Waals surface area contributed by atoms with E-state index in [1.807, 2.05) is 6.92 Å². The van der Waals surface area contributed by atoms with Crippen LogP contribution in [0, 0.1) is 6.92 Å². The predicted octanol–water partition coefficient (Wildman–Crippen LogP) is 1.56. The lowest BCUT2D eigenvalue weighted by atomic mass is 10.5. The molecule has 1 heterocycles. The highest BCUT2D eigenvalue weighted by atomic mass is 35.5. The van der Waals surface area contributed by atoms with Crippen molar-refractivity contribution < 1.29 is 4.79 Å². The maximum absolute atomic E-state index is 11.4. The number of rotatable bonds is 4. The molecule has 0 atom stereocenters. The number of halogens is 1. The molecule has 1 aromatic rings. The van der Waals surface area contributed by atoms with Gasteiger partial charge in [0.15, 0.2) is 0 Å². The summed E-state index contributed by atoms with van der Waals surface area (Å²) >= 11 is 1.46. The van der Waals surface area contributed by atoms with E-state index in [2.05, 4.69) is 15.6 Å². The first kappa shape index (κ1) is 12.4. The molecule has 1 aliphatic carbocycles. The number of amides is 1. The predicted molar refractivity (Wildman–Crippen MR) is 63.8 cm³/mol. The van der Waals surface area contributed by atoms with Crippen molar-refractivity contribution in [1.29, 1.82) is 0 Å². The Morgan fingerprint density at radius 2 is 2.40 bits per heavy atom. The molecule has 6 heteroatoms. The molecule has 0 saturated heterocycles. The molecule has 0 radical (unpaired) electrons. The zero-order valence-corrected chi connectivity index (χ0v) is 10.1. The summed E-state index contributed by atoms with van der Waals surface area (Å²) in [4.78, 5) is 15.5. The minimum atomic E-state index is 0. The van der Waals surface area contributed by atoms with Crippen molar-refractivity contribution in [1.82, 2.24) is 10.3 Å². The van der Waals surface area contributed by atoms with Crippen LogP contribution < -0.4 is 10.6 Å². The van der Waals surface area contributed by atoms with E-state index in [-0.39, 0.29) is 18.3 Å². The Morgan fingerprint density at radius 3 is 2.93 bits per heavy atom. The van der Waals surface area contributed by atoms with Gasteiger partial charge in [-0.15, -0.1) is 23.7 Å². The smallest absolute Gasteiger partial charge is 0.238 e. The second-order valence-corrected chi connectivity index (χ2v) is 4.33. The fourth-order valence-electron chi connectivity index (χ4n) is 1.12. The van der Waals surface area contributed by atoms with E-state index in [0.29, 0.717) is 12.6 Å². The van der Waals surface area contributed by atoms with E-state index in [4.69, 9.17) is 0 Å². The Balaban J connectivity index is 0.00000112. The van der Waals surface area contributed by atoms with E-state index in [9.17, 15) is 4.79 Å². The molecule has 0 unspecified atom stereocenters. The van der Waals surface area contributed by atoms with Gasteiger partial charge in [0.2, 0.25) is 5.91 Å². The van der Waals surface area contributed by atoms with Crippen molar-refractivity contribution in [2.45, 2.75) is 25.8 Å². The second kappa shape index (κ2) is 5.44. The third-order valence-corrected chi connectivity index (χ3v) is 2.97. The average molecular weight is 248 g/mol. The summed E-state index contributed by atoms with van der Waals surface area (Å²) in [6.07, 6.45) is 2.40. The van der Waals surface area contributed by atoms with Crippen LogP contribution in [0.25, 0.3) is 0 Å². The second-order valence-electron chi connectivity index (χ2n) is 3.47. The maximum Gasteiger partial charge on any atom is 0.238 e. The lowest BCUT2D eigenvalue weighted by Gasteiger charge is -2.03. The molecule has 15 heavy (non-hydrogen) atoms. The molecule has 1 amide bonds. The number of carbonyl (C=O) groups excluding carboxylic acids is 1. The van der Waals surface area contributed by atoms with E-state index in [0.717, 1.165) is 10.7 Å². The Bertz CT molecular complexity index is 338. The third-order valence-electron chi connectivity index (χ3n) is 2.13. The number of nitrogens with one attached hydrogen (secondary N) is 2. The van der Waals surface area contributed by atoms with Gasteiger partial charge in [-0.05, 0) is 19.8 Å². The molecule has 4 nitrogen and oxygen atoms in total. The number of anilines is 1. The summed E-state index contributed by atoms with van der Waals surface area (Å²) in [6.45, 7) is 2.29. The molecule has 2 N–H and O–H groups in total. The van der Waals surface area contributed by atoms with Crippen molar-refractivity contribution in [3.63, 3.8) is 0 Å². The van der Waals surface area contributed by atoms with Crippen molar-refractivity contribution in [2.75, 3.05) is 11.9 Å². The number of nitrogens with zero attached hydrogens (tertiary/aromatic N) is 1. The Morgan fingerprint density at radius 1 is 1.67 bits per heavy atom. The zero-order valence-electron chi connectivity index (χ0n) is 8.45. The molecule has 2 rings (SSSR count). The highest BCUT2D eigenvalue weighted by Gasteiger charge is 2.21. The van der Waals surface area contributed by atoms with E-state index < -0.39 is 0 Å². The molecule has 84 valence electrons.